The number of ether oxygens (including phenoxy) is 1. The molecule has 0 amide bonds. The van der Waals surface area contributed by atoms with E-state index in [2.05, 4.69) is 59.9 Å². The summed E-state index contributed by atoms with van der Waals surface area (Å²) in [4.78, 5) is -0.303. The van der Waals surface area contributed by atoms with Crippen molar-refractivity contribution in [1.82, 2.24) is 0 Å². The average molecular weight is 738 g/mol. The van der Waals surface area contributed by atoms with Gasteiger partial charge in [-0.05, 0) is 85.0 Å². The second-order valence-corrected chi connectivity index (χ2v) is 17.4. The zero-order valence-electron chi connectivity index (χ0n) is 31.9. The van der Waals surface area contributed by atoms with E-state index in [9.17, 15) is 13.0 Å². The van der Waals surface area contributed by atoms with Gasteiger partial charge in [-0.2, -0.15) is 4.40 Å². The van der Waals surface area contributed by atoms with Crippen molar-refractivity contribution in [2.75, 3.05) is 7.11 Å². The fourth-order valence-corrected chi connectivity index (χ4v) is 10.9. The number of hydrogen-bond donors (Lipinski definition) is 0. The van der Waals surface area contributed by atoms with Crippen LogP contribution in [0.4, 0.5) is 0 Å². The predicted molar refractivity (Wildman–Crippen MR) is 220 cm³/mol. The normalized spacial score (nSPS) is 13.9. The molecule has 0 bridgehead atoms. The van der Waals surface area contributed by atoms with E-state index >= 15 is 0 Å². The molecule has 0 aliphatic heterocycles. The minimum atomic E-state index is -4.76. The first-order chi connectivity index (χ1) is 26.4. The number of aromatic nitrogens is 1. The number of nitrogens with zero attached hydrogens (tertiary/aromatic N) is 1. The highest BCUT2D eigenvalue weighted by molar-refractivity contribution is 7.85. The van der Waals surface area contributed by atoms with Crippen LogP contribution in [-0.2, 0) is 42.2 Å². The van der Waals surface area contributed by atoms with Crippen molar-refractivity contribution in [3.63, 3.8) is 0 Å². The second kappa shape index (κ2) is 14.4. The number of benzene rings is 4. The molecule has 3 aromatic heterocycles. The number of unbranched alkanes of at least 4 members (excludes halogenated alkanes) is 11. The molecule has 0 N–H and O–H groups in total. The highest BCUT2D eigenvalue weighted by Gasteiger charge is 2.37. The summed E-state index contributed by atoms with van der Waals surface area (Å²) >= 11 is 0. The molecule has 0 radical (unpaired) electrons. The Bertz CT molecular complexity index is 2560. The quantitative estimate of drug-likeness (QED) is 0.0325. The largest absolute Gasteiger partial charge is 0.744 e. The van der Waals surface area contributed by atoms with Crippen molar-refractivity contribution < 1.29 is 22.1 Å². The van der Waals surface area contributed by atoms with Crippen LogP contribution in [0.2, 0.25) is 0 Å². The summed E-state index contributed by atoms with van der Waals surface area (Å²) in [6.07, 6.45) is 20.8. The standard InChI is InChI=1S/C48H51NO4S/c1-3-4-5-6-7-8-9-10-11-12-13-14-17-31-28-39-35-20-15-18-32-22-25-37-43(34-24-27-41(53-2)42(30-34)54(50,51)52)38-26-23-33-19-16-21-36-40(29-31)46(39)49(47(37)44(32)35)48(38)45(33)36/h15-16,18-21,24,27-30H,3-14,17,22-23,25-26H2,1-2H3. The lowest BCUT2D eigenvalue weighted by Crippen LogP contribution is -2.33. The molecule has 4 aromatic carbocycles. The minimum Gasteiger partial charge on any atom is -0.744 e. The average Bonchev–Trinajstić information content (AvgIpc) is 3.18. The van der Waals surface area contributed by atoms with Gasteiger partial charge in [0.1, 0.15) is 15.9 Å². The van der Waals surface area contributed by atoms with E-state index in [1.807, 2.05) is 6.07 Å². The van der Waals surface area contributed by atoms with Gasteiger partial charge < -0.3 is 9.29 Å². The summed E-state index contributed by atoms with van der Waals surface area (Å²) in [5.74, 6) is 0.0860. The van der Waals surface area contributed by atoms with E-state index in [4.69, 9.17) is 4.74 Å². The van der Waals surface area contributed by atoms with Crippen molar-refractivity contribution in [2.45, 2.75) is 121 Å². The molecule has 54 heavy (non-hydrogen) atoms. The summed E-state index contributed by atoms with van der Waals surface area (Å²) < 4.78 is 45.5. The fraction of sp³-hybridized carbons (Fsp3) is 0.396. The van der Waals surface area contributed by atoms with Crippen LogP contribution >= 0.6 is 0 Å². The van der Waals surface area contributed by atoms with Crippen LogP contribution in [0.25, 0.3) is 60.0 Å². The predicted octanol–water partition coefficient (Wildman–Crippen LogP) is 11.5. The van der Waals surface area contributed by atoms with E-state index in [0.29, 0.717) is 0 Å². The van der Waals surface area contributed by atoms with Crippen LogP contribution < -0.4 is 9.14 Å². The Balaban J connectivity index is 1.17. The lowest BCUT2D eigenvalue weighted by molar-refractivity contribution is -0.449. The van der Waals surface area contributed by atoms with E-state index in [1.54, 1.807) is 12.1 Å². The molecule has 3 heterocycles. The fourth-order valence-electron chi connectivity index (χ4n) is 10.2. The van der Waals surface area contributed by atoms with Crippen LogP contribution in [0.3, 0.4) is 0 Å². The SMILES string of the molecule is CCCCCCCCCCCCCCc1cc2c3cccc4c3c3c(c(-c5ccc(OC)c(S(=O)(=O)[O-])c5)c5c6c7c(cccc7c(c1)c2[n+]36)CC5)CC4. The molecule has 2 aliphatic rings. The third-order valence-electron chi connectivity index (χ3n) is 12.7. The Morgan fingerprint density at radius 2 is 1.17 bits per heavy atom. The van der Waals surface area contributed by atoms with Gasteiger partial charge >= 0.3 is 0 Å². The van der Waals surface area contributed by atoms with E-state index in [0.717, 1.165) is 43.2 Å². The van der Waals surface area contributed by atoms with E-state index in [-0.39, 0.29) is 10.6 Å². The van der Waals surface area contributed by atoms with Crippen molar-refractivity contribution in [3.8, 4) is 16.9 Å². The van der Waals surface area contributed by atoms with Gasteiger partial charge in [-0.3, -0.25) is 0 Å². The third kappa shape index (κ3) is 5.92. The van der Waals surface area contributed by atoms with Gasteiger partial charge in [0.2, 0.25) is 16.6 Å². The van der Waals surface area contributed by atoms with Crippen molar-refractivity contribution in [2.24, 2.45) is 0 Å². The molecule has 0 fully saturated rings. The molecule has 2 aliphatic carbocycles. The third-order valence-corrected chi connectivity index (χ3v) is 13.6. The highest BCUT2D eigenvalue weighted by Crippen LogP contribution is 2.47. The lowest BCUT2D eigenvalue weighted by atomic mass is 9.78. The van der Waals surface area contributed by atoms with Gasteiger partial charge in [0.05, 0.1) is 33.6 Å². The molecule has 7 aromatic rings. The number of rotatable bonds is 16. The Hall–Kier alpha value is -4.26. The Kier molecular flexibility index (Phi) is 9.47. The zero-order chi connectivity index (χ0) is 37.0. The van der Waals surface area contributed by atoms with Crippen LogP contribution in [0.1, 0.15) is 112 Å². The zero-order valence-corrected chi connectivity index (χ0v) is 32.7. The van der Waals surface area contributed by atoms with Gasteiger partial charge in [0.25, 0.3) is 0 Å². The molecule has 0 spiro atoms. The molecule has 6 heteroatoms. The van der Waals surface area contributed by atoms with Gasteiger partial charge in [-0.15, -0.1) is 0 Å². The van der Waals surface area contributed by atoms with Crippen LogP contribution in [0.15, 0.2) is 71.6 Å². The summed E-state index contributed by atoms with van der Waals surface area (Å²) in [7, 11) is -3.35. The molecule has 0 atom stereocenters. The molecule has 0 saturated carbocycles. The summed E-state index contributed by atoms with van der Waals surface area (Å²) in [5.41, 5.74) is 12.2. The van der Waals surface area contributed by atoms with Crippen molar-refractivity contribution >= 4 is 59.0 Å². The first-order valence-electron chi connectivity index (χ1n) is 20.6. The number of aryl methyl sites for hydroxylation is 5. The molecule has 9 rings (SSSR count). The van der Waals surface area contributed by atoms with Gasteiger partial charge in [0, 0.05) is 27.5 Å². The maximum absolute atomic E-state index is 12.5. The monoisotopic (exact) mass is 737 g/mol. The second-order valence-electron chi connectivity index (χ2n) is 16.0. The van der Waals surface area contributed by atoms with Crippen LogP contribution in [0, 0.1) is 0 Å². The topological polar surface area (TPSA) is 70.5 Å². The van der Waals surface area contributed by atoms with Crippen LogP contribution in [-0.4, -0.2) is 20.1 Å². The molecular weight excluding hydrogens is 687 g/mol. The molecular formula is C48H51NO4S. The minimum absolute atomic E-state index is 0.0860. The smallest absolute Gasteiger partial charge is 0.227 e. The molecule has 278 valence electrons. The maximum atomic E-state index is 12.5. The number of fused-ring (bicyclic) bond motifs is 2. The number of hydrogen-bond acceptors (Lipinski definition) is 4. The van der Waals surface area contributed by atoms with Gasteiger partial charge in [-0.1, -0.05) is 120 Å². The highest BCUT2D eigenvalue weighted by atomic mass is 32.2. The van der Waals surface area contributed by atoms with Gasteiger partial charge in [0.15, 0.2) is 0 Å². The summed E-state index contributed by atoms with van der Waals surface area (Å²) in [6, 6.07) is 23.8. The Morgan fingerprint density at radius 1 is 0.630 bits per heavy atom. The first kappa shape index (κ1) is 35.4. The summed E-state index contributed by atoms with van der Waals surface area (Å²) in [5, 5.41) is 7.84. The van der Waals surface area contributed by atoms with E-state index < -0.39 is 10.1 Å². The molecule has 0 saturated heterocycles. The molecule has 5 nitrogen and oxygen atoms in total. The first-order valence-corrected chi connectivity index (χ1v) is 22.0. The van der Waals surface area contributed by atoms with Crippen molar-refractivity contribution in [1.29, 1.82) is 0 Å². The van der Waals surface area contributed by atoms with E-state index in [1.165, 1.54) is 161 Å². The maximum Gasteiger partial charge on any atom is 0.227 e. The Labute approximate surface area is 319 Å². The summed E-state index contributed by atoms with van der Waals surface area (Å²) in [6.45, 7) is 2.29. The van der Waals surface area contributed by atoms with Crippen LogP contribution in [0.5, 0.6) is 5.75 Å². The Morgan fingerprint density at radius 3 is 1.69 bits per heavy atom. The van der Waals surface area contributed by atoms with Crippen molar-refractivity contribution in [3.05, 3.63) is 94.5 Å². The lowest BCUT2D eigenvalue weighted by Gasteiger charge is -2.26. The molecule has 0 unspecified atom stereocenters. The van der Waals surface area contributed by atoms with Gasteiger partial charge in [-0.25, -0.2) is 8.42 Å². The number of methoxy groups -OCH3 is 1. The number of pyridine rings is 3.